The molecule has 10 rings (SSSR count). The van der Waals surface area contributed by atoms with Crippen molar-refractivity contribution >= 4 is 43.5 Å². The summed E-state index contributed by atoms with van der Waals surface area (Å²) >= 11 is 0. The van der Waals surface area contributed by atoms with Crippen LogP contribution in [-0.2, 0) is 0 Å². The largest absolute Gasteiger partial charge is 0.454 e. The molecule has 3 aromatic heterocycles. The van der Waals surface area contributed by atoms with Gasteiger partial charge in [0.2, 0.25) is 0 Å². The summed E-state index contributed by atoms with van der Waals surface area (Å²) in [7, 11) is 0. The first-order chi connectivity index (χ1) is 25.3. The van der Waals surface area contributed by atoms with Crippen LogP contribution >= 0.6 is 0 Å². The standard InChI is InChI=1S/C46H28N4O/c1-2-11-31(12-3-1)44-48-45(50-46(49-44)34-23-18-29-10-4-5-13-33(29)26-34)32-21-19-30(20-22-32)35-24-25-38(37-15-7-6-14-36(35)37)40-27-47-28-42-43(40)39-16-8-9-17-41(39)51-42/h1-28H. The molecule has 0 amide bonds. The van der Waals surface area contributed by atoms with Gasteiger partial charge in [-0.2, -0.15) is 0 Å². The van der Waals surface area contributed by atoms with Crippen molar-refractivity contribution in [1.29, 1.82) is 0 Å². The Bertz CT molecular complexity index is 2910. The van der Waals surface area contributed by atoms with E-state index in [0.717, 1.165) is 77.0 Å². The molecule has 0 spiro atoms. The van der Waals surface area contributed by atoms with Crippen molar-refractivity contribution in [3.63, 3.8) is 0 Å². The molecule has 3 heterocycles. The smallest absolute Gasteiger partial charge is 0.164 e. The van der Waals surface area contributed by atoms with E-state index in [0.29, 0.717) is 17.5 Å². The van der Waals surface area contributed by atoms with Gasteiger partial charge in [-0.15, -0.1) is 0 Å². The Labute approximate surface area is 293 Å². The SMILES string of the molecule is c1ccc(-c2nc(-c3ccc(-c4ccc(-c5cncc6oc7ccccc7c56)c5ccccc45)cc3)nc(-c3ccc4ccccc4c3)n2)cc1. The number of para-hydroxylation sites is 1. The van der Waals surface area contributed by atoms with E-state index in [4.69, 9.17) is 19.4 Å². The van der Waals surface area contributed by atoms with Crippen LogP contribution < -0.4 is 0 Å². The summed E-state index contributed by atoms with van der Waals surface area (Å²) in [6.07, 6.45) is 3.75. The van der Waals surface area contributed by atoms with Crippen molar-refractivity contribution < 1.29 is 4.42 Å². The molecule has 0 saturated heterocycles. The summed E-state index contributed by atoms with van der Waals surface area (Å²) in [6.45, 7) is 0. The minimum atomic E-state index is 0.631. The van der Waals surface area contributed by atoms with Gasteiger partial charge >= 0.3 is 0 Å². The highest BCUT2D eigenvalue weighted by molar-refractivity contribution is 6.16. The molecular formula is C46H28N4O. The maximum Gasteiger partial charge on any atom is 0.164 e. The quantitative estimate of drug-likeness (QED) is 0.185. The van der Waals surface area contributed by atoms with Gasteiger partial charge in [0.05, 0.1) is 6.20 Å². The Morgan fingerprint density at radius 1 is 0.353 bits per heavy atom. The molecule has 0 unspecified atom stereocenters. The van der Waals surface area contributed by atoms with Crippen molar-refractivity contribution in [2.45, 2.75) is 0 Å². The van der Waals surface area contributed by atoms with Gasteiger partial charge in [-0.1, -0.05) is 146 Å². The summed E-state index contributed by atoms with van der Waals surface area (Å²) in [4.78, 5) is 19.5. The monoisotopic (exact) mass is 652 g/mol. The lowest BCUT2D eigenvalue weighted by atomic mass is 9.91. The van der Waals surface area contributed by atoms with Crippen LogP contribution in [0.4, 0.5) is 0 Å². The zero-order valence-corrected chi connectivity index (χ0v) is 27.4. The molecule has 0 radical (unpaired) electrons. The number of benzene rings is 7. The molecule has 0 aliphatic carbocycles. The van der Waals surface area contributed by atoms with Crippen LogP contribution in [0.1, 0.15) is 0 Å². The van der Waals surface area contributed by atoms with E-state index in [1.807, 2.05) is 48.7 Å². The van der Waals surface area contributed by atoms with Gasteiger partial charge in [-0.3, -0.25) is 4.98 Å². The number of hydrogen-bond acceptors (Lipinski definition) is 5. The number of furan rings is 1. The fourth-order valence-electron chi connectivity index (χ4n) is 7.14. The summed E-state index contributed by atoms with van der Waals surface area (Å²) in [5.41, 5.74) is 8.90. The molecule has 10 aromatic rings. The van der Waals surface area contributed by atoms with E-state index in [1.165, 1.54) is 5.39 Å². The van der Waals surface area contributed by atoms with Crippen LogP contribution in [0.3, 0.4) is 0 Å². The number of pyridine rings is 1. The Kier molecular flexibility index (Phi) is 6.74. The summed E-state index contributed by atoms with van der Waals surface area (Å²) < 4.78 is 6.17. The predicted octanol–water partition coefficient (Wildman–Crippen LogP) is 11.8. The highest BCUT2D eigenvalue weighted by Crippen LogP contribution is 2.41. The van der Waals surface area contributed by atoms with Crippen molar-refractivity contribution in [2.75, 3.05) is 0 Å². The fraction of sp³-hybridized carbons (Fsp3) is 0. The van der Waals surface area contributed by atoms with Crippen molar-refractivity contribution in [1.82, 2.24) is 19.9 Å². The van der Waals surface area contributed by atoms with Crippen LogP contribution in [0, 0.1) is 0 Å². The molecule has 0 fully saturated rings. The summed E-state index contributed by atoms with van der Waals surface area (Å²) in [6, 6.07) is 54.5. The van der Waals surface area contributed by atoms with Gasteiger partial charge in [0.1, 0.15) is 5.58 Å². The Morgan fingerprint density at radius 2 is 0.922 bits per heavy atom. The highest BCUT2D eigenvalue weighted by Gasteiger charge is 2.17. The lowest BCUT2D eigenvalue weighted by Gasteiger charge is -2.13. The number of nitrogens with zero attached hydrogens (tertiary/aromatic N) is 4. The Morgan fingerprint density at radius 3 is 1.71 bits per heavy atom. The summed E-state index contributed by atoms with van der Waals surface area (Å²) in [5.74, 6) is 1.92. The molecule has 5 nitrogen and oxygen atoms in total. The first-order valence-corrected chi connectivity index (χ1v) is 17.0. The lowest BCUT2D eigenvalue weighted by molar-refractivity contribution is 0.667. The highest BCUT2D eigenvalue weighted by atomic mass is 16.3. The Hall–Kier alpha value is -6.98. The van der Waals surface area contributed by atoms with E-state index < -0.39 is 0 Å². The van der Waals surface area contributed by atoms with Crippen molar-refractivity contribution in [3.8, 4) is 56.4 Å². The second kappa shape index (κ2) is 11.9. The molecule has 5 heteroatoms. The Balaban J connectivity index is 1.07. The molecule has 0 aliphatic heterocycles. The van der Waals surface area contributed by atoms with Crippen molar-refractivity contribution in [2.24, 2.45) is 0 Å². The number of fused-ring (bicyclic) bond motifs is 5. The molecule has 51 heavy (non-hydrogen) atoms. The third-order valence-corrected chi connectivity index (χ3v) is 9.63. The predicted molar refractivity (Wildman–Crippen MR) is 207 cm³/mol. The molecule has 0 aliphatic rings. The van der Waals surface area contributed by atoms with E-state index in [9.17, 15) is 0 Å². The third-order valence-electron chi connectivity index (χ3n) is 9.63. The zero-order valence-electron chi connectivity index (χ0n) is 27.4. The molecule has 0 N–H and O–H groups in total. The maximum absolute atomic E-state index is 6.17. The van der Waals surface area contributed by atoms with Crippen LogP contribution in [0.25, 0.3) is 99.9 Å². The zero-order chi connectivity index (χ0) is 33.7. The average Bonchev–Trinajstić information content (AvgIpc) is 3.60. The normalized spacial score (nSPS) is 11.5. The first-order valence-electron chi connectivity index (χ1n) is 17.0. The van der Waals surface area contributed by atoms with Gasteiger partial charge in [0, 0.05) is 39.2 Å². The molecule has 0 bridgehead atoms. The molecule has 0 atom stereocenters. The number of rotatable bonds is 5. The van der Waals surface area contributed by atoms with Gasteiger partial charge in [0.15, 0.2) is 23.1 Å². The van der Waals surface area contributed by atoms with E-state index >= 15 is 0 Å². The molecule has 7 aromatic carbocycles. The van der Waals surface area contributed by atoms with Gasteiger partial charge in [-0.25, -0.2) is 15.0 Å². The fourth-order valence-corrected chi connectivity index (χ4v) is 7.14. The molecule has 238 valence electrons. The second-order valence-corrected chi connectivity index (χ2v) is 12.7. The second-order valence-electron chi connectivity index (χ2n) is 12.7. The first kappa shape index (κ1) is 29.0. The third kappa shape index (κ3) is 5.03. The number of aromatic nitrogens is 4. The maximum atomic E-state index is 6.17. The van der Waals surface area contributed by atoms with Crippen LogP contribution in [-0.4, -0.2) is 19.9 Å². The van der Waals surface area contributed by atoms with E-state index in [2.05, 4.69) is 120 Å². The van der Waals surface area contributed by atoms with E-state index in [-0.39, 0.29) is 0 Å². The van der Waals surface area contributed by atoms with Crippen LogP contribution in [0.5, 0.6) is 0 Å². The minimum Gasteiger partial charge on any atom is -0.454 e. The van der Waals surface area contributed by atoms with Gasteiger partial charge in [0.25, 0.3) is 0 Å². The van der Waals surface area contributed by atoms with Gasteiger partial charge < -0.3 is 4.42 Å². The topological polar surface area (TPSA) is 64.7 Å². The van der Waals surface area contributed by atoms with Crippen molar-refractivity contribution in [3.05, 3.63) is 170 Å². The van der Waals surface area contributed by atoms with Crippen LogP contribution in [0.15, 0.2) is 175 Å². The van der Waals surface area contributed by atoms with Crippen LogP contribution in [0.2, 0.25) is 0 Å². The molecule has 0 saturated carbocycles. The summed E-state index contributed by atoms with van der Waals surface area (Å²) in [5, 5.41) is 6.82. The minimum absolute atomic E-state index is 0.631. The van der Waals surface area contributed by atoms with E-state index in [1.54, 1.807) is 6.20 Å². The lowest BCUT2D eigenvalue weighted by Crippen LogP contribution is -2.00. The number of hydrogen-bond donors (Lipinski definition) is 0. The average molecular weight is 653 g/mol. The van der Waals surface area contributed by atoms with Gasteiger partial charge in [-0.05, 0) is 50.4 Å². The molecular weight excluding hydrogens is 625 g/mol.